The van der Waals surface area contributed by atoms with Crippen LogP contribution in [0, 0.1) is 11.3 Å². The Morgan fingerprint density at radius 3 is 2.63 bits per heavy atom. The average Bonchev–Trinajstić information content (AvgIpc) is 2.97. The molecule has 0 spiro atoms. The molecule has 0 N–H and O–H groups in total. The van der Waals surface area contributed by atoms with E-state index in [2.05, 4.69) is 31.1 Å². The molecule has 0 bridgehead atoms. The molecule has 1 aliphatic rings. The molecule has 0 saturated heterocycles. The van der Waals surface area contributed by atoms with Crippen molar-refractivity contribution in [1.82, 2.24) is 15.0 Å². The van der Waals surface area contributed by atoms with Crippen LogP contribution >= 0.6 is 34.5 Å². The molecule has 142 valence electrons. The molecule has 1 aliphatic carbocycles. The molecule has 4 rings (SSSR count). The maximum absolute atomic E-state index is 13.1. The molecule has 0 saturated carbocycles. The summed E-state index contributed by atoms with van der Waals surface area (Å²) in [7, 11) is 0. The highest BCUT2D eigenvalue weighted by Crippen LogP contribution is 2.41. The van der Waals surface area contributed by atoms with Crippen molar-refractivity contribution in [1.29, 1.82) is 0 Å². The number of hydrogen-bond donors (Lipinski definition) is 0. The maximum atomic E-state index is 13.1. The first-order valence-electron chi connectivity index (χ1n) is 9.06. The minimum atomic E-state index is -0.109. The van der Waals surface area contributed by atoms with Crippen molar-refractivity contribution in [2.24, 2.45) is 11.3 Å². The van der Waals surface area contributed by atoms with E-state index >= 15 is 0 Å². The molecule has 7 heteroatoms. The topological polar surface area (TPSA) is 47.8 Å². The fourth-order valence-electron chi connectivity index (χ4n) is 3.80. The molecule has 0 radical (unpaired) electrons. The lowest BCUT2D eigenvalue weighted by Crippen LogP contribution is -2.28. The van der Waals surface area contributed by atoms with Gasteiger partial charge in [0.2, 0.25) is 0 Å². The standard InChI is InChI=1S/C20H21Cl2N3OS/c1-20(2,3)11-7-8-12-16(9-11)27-18-17(12)19(26)25(24-23-18)10-13-14(21)5-4-6-15(13)22/h4-6,11H,7-10H2,1-3H3/t11-/m1/s1. The van der Waals surface area contributed by atoms with Gasteiger partial charge in [-0.15, -0.1) is 16.4 Å². The number of aromatic nitrogens is 3. The Morgan fingerprint density at radius 2 is 1.96 bits per heavy atom. The van der Waals surface area contributed by atoms with Crippen LogP contribution in [-0.4, -0.2) is 15.0 Å². The Morgan fingerprint density at radius 1 is 1.26 bits per heavy atom. The predicted molar refractivity (Wildman–Crippen MR) is 112 cm³/mol. The molecule has 0 amide bonds. The summed E-state index contributed by atoms with van der Waals surface area (Å²) < 4.78 is 1.37. The van der Waals surface area contributed by atoms with Crippen molar-refractivity contribution in [2.45, 2.75) is 46.6 Å². The van der Waals surface area contributed by atoms with Crippen LogP contribution in [0.3, 0.4) is 0 Å². The molecule has 4 nitrogen and oxygen atoms in total. The third kappa shape index (κ3) is 3.41. The lowest BCUT2D eigenvalue weighted by atomic mass is 9.72. The highest BCUT2D eigenvalue weighted by atomic mass is 35.5. The van der Waals surface area contributed by atoms with Gasteiger partial charge in [0.1, 0.15) is 0 Å². The molecule has 1 aromatic carbocycles. The first kappa shape index (κ1) is 18.9. The summed E-state index contributed by atoms with van der Waals surface area (Å²) in [6.07, 6.45) is 3.03. The Balaban J connectivity index is 1.77. The van der Waals surface area contributed by atoms with Crippen LogP contribution in [0.4, 0.5) is 0 Å². The summed E-state index contributed by atoms with van der Waals surface area (Å²) in [5.41, 5.74) is 2.01. The molecule has 2 aromatic heterocycles. The van der Waals surface area contributed by atoms with E-state index in [1.54, 1.807) is 29.5 Å². The fourth-order valence-corrected chi connectivity index (χ4v) is 5.55. The van der Waals surface area contributed by atoms with Crippen molar-refractivity contribution >= 4 is 44.8 Å². The zero-order valence-electron chi connectivity index (χ0n) is 15.6. The maximum Gasteiger partial charge on any atom is 0.279 e. The average molecular weight is 422 g/mol. The van der Waals surface area contributed by atoms with Gasteiger partial charge in [0.25, 0.3) is 5.56 Å². The van der Waals surface area contributed by atoms with Crippen LogP contribution in [0.1, 0.15) is 43.2 Å². The lowest BCUT2D eigenvalue weighted by molar-refractivity contribution is 0.218. The first-order valence-corrected chi connectivity index (χ1v) is 10.6. The smallest absolute Gasteiger partial charge is 0.267 e. The molecular formula is C20H21Cl2N3OS. The van der Waals surface area contributed by atoms with Gasteiger partial charge >= 0.3 is 0 Å². The van der Waals surface area contributed by atoms with E-state index < -0.39 is 0 Å². The Labute approximate surface area is 172 Å². The molecular weight excluding hydrogens is 401 g/mol. The van der Waals surface area contributed by atoms with Gasteiger partial charge in [0, 0.05) is 20.5 Å². The molecule has 3 aromatic rings. The number of benzene rings is 1. The second-order valence-electron chi connectivity index (χ2n) is 8.24. The van der Waals surface area contributed by atoms with Crippen LogP contribution < -0.4 is 5.56 Å². The predicted octanol–water partition coefficient (Wildman–Crippen LogP) is 5.36. The number of rotatable bonds is 2. The van der Waals surface area contributed by atoms with Gasteiger partial charge in [0.15, 0.2) is 4.83 Å². The minimum absolute atomic E-state index is 0.109. The summed E-state index contributed by atoms with van der Waals surface area (Å²) in [4.78, 5) is 15.2. The molecule has 0 fully saturated rings. The molecule has 0 aliphatic heterocycles. The van der Waals surface area contributed by atoms with E-state index in [0.29, 0.717) is 21.5 Å². The quantitative estimate of drug-likeness (QED) is 0.559. The van der Waals surface area contributed by atoms with Gasteiger partial charge in [-0.25, -0.2) is 4.68 Å². The first-order chi connectivity index (χ1) is 12.8. The monoisotopic (exact) mass is 421 g/mol. The van der Waals surface area contributed by atoms with Gasteiger partial charge < -0.3 is 0 Å². The van der Waals surface area contributed by atoms with Gasteiger partial charge in [0.05, 0.1) is 11.9 Å². The van der Waals surface area contributed by atoms with Crippen LogP contribution in [0.25, 0.3) is 10.2 Å². The van der Waals surface area contributed by atoms with Crippen LogP contribution in [0.2, 0.25) is 10.0 Å². The van der Waals surface area contributed by atoms with Crippen molar-refractivity contribution in [3.8, 4) is 0 Å². The van der Waals surface area contributed by atoms with E-state index in [9.17, 15) is 4.79 Å². The van der Waals surface area contributed by atoms with Crippen LogP contribution in [0.15, 0.2) is 23.0 Å². The van der Waals surface area contributed by atoms with Crippen molar-refractivity contribution in [3.05, 3.63) is 54.6 Å². The lowest BCUT2D eigenvalue weighted by Gasteiger charge is -2.33. The highest BCUT2D eigenvalue weighted by molar-refractivity contribution is 7.18. The summed E-state index contributed by atoms with van der Waals surface area (Å²) >= 11 is 14.1. The minimum Gasteiger partial charge on any atom is -0.267 e. The largest absolute Gasteiger partial charge is 0.279 e. The second-order valence-corrected chi connectivity index (χ2v) is 10.1. The van der Waals surface area contributed by atoms with Crippen molar-refractivity contribution in [3.63, 3.8) is 0 Å². The second kappa shape index (κ2) is 6.87. The van der Waals surface area contributed by atoms with Crippen LogP contribution in [0.5, 0.6) is 0 Å². The van der Waals surface area contributed by atoms with E-state index in [4.69, 9.17) is 23.2 Å². The van der Waals surface area contributed by atoms with Crippen LogP contribution in [-0.2, 0) is 19.4 Å². The van der Waals surface area contributed by atoms with E-state index in [1.165, 1.54) is 9.56 Å². The van der Waals surface area contributed by atoms with Gasteiger partial charge in [-0.1, -0.05) is 55.3 Å². The number of hydrogen-bond acceptors (Lipinski definition) is 4. The van der Waals surface area contributed by atoms with E-state index in [0.717, 1.165) is 35.0 Å². The van der Waals surface area contributed by atoms with E-state index in [-0.39, 0.29) is 17.5 Å². The van der Waals surface area contributed by atoms with E-state index in [1.807, 2.05) is 0 Å². The molecule has 27 heavy (non-hydrogen) atoms. The number of fused-ring (bicyclic) bond motifs is 3. The van der Waals surface area contributed by atoms with Gasteiger partial charge in [-0.05, 0) is 48.3 Å². The molecule has 0 unspecified atom stereocenters. The summed E-state index contributed by atoms with van der Waals surface area (Å²) in [5, 5.41) is 10.2. The molecule has 2 heterocycles. The Kier molecular flexibility index (Phi) is 4.81. The zero-order valence-corrected chi connectivity index (χ0v) is 17.9. The van der Waals surface area contributed by atoms with Gasteiger partial charge in [-0.2, -0.15) is 0 Å². The third-order valence-electron chi connectivity index (χ3n) is 5.53. The highest BCUT2D eigenvalue weighted by Gasteiger charge is 2.32. The summed E-state index contributed by atoms with van der Waals surface area (Å²) in [5.74, 6) is 0.621. The Bertz CT molecular complexity index is 1060. The fraction of sp³-hybridized carbons (Fsp3) is 0.450. The number of nitrogens with zero attached hydrogens (tertiary/aromatic N) is 3. The Hall–Kier alpha value is -1.43. The van der Waals surface area contributed by atoms with Gasteiger partial charge in [-0.3, -0.25) is 4.79 Å². The SMILES string of the molecule is CC(C)(C)[C@@H]1CCc2c(sc3nnn(Cc4c(Cl)cccc4Cl)c(=O)c23)C1. The van der Waals surface area contributed by atoms with Crippen molar-refractivity contribution < 1.29 is 0 Å². The summed E-state index contributed by atoms with van der Waals surface area (Å²) in [6.45, 7) is 7.08. The van der Waals surface area contributed by atoms with Crippen molar-refractivity contribution in [2.75, 3.05) is 0 Å². The third-order valence-corrected chi connectivity index (χ3v) is 7.38. The number of aryl methyl sites for hydroxylation is 1. The number of thiophene rings is 1. The normalized spacial score (nSPS) is 17.3. The molecule has 1 atom stereocenters. The summed E-state index contributed by atoms with van der Waals surface area (Å²) in [6, 6.07) is 5.31. The number of halogens is 2. The zero-order chi connectivity index (χ0) is 19.3.